The maximum absolute atomic E-state index is 12.7. The van der Waals surface area contributed by atoms with Crippen molar-refractivity contribution in [2.45, 2.75) is 19.8 Å². The lowest BCUT2D eigenvalue weighted by atomic mass is 9.99. The van der Waals surface area contributed by atoms with Gasteiger partial charge >= 0.3 is 5.69 Å². The van der Waals surface area contributed by atoms with Crippen molar-refractivity contribution in [3.63, 3.8) is 0 Å². The Hall–Kier alpha value is -3.87. The second kappa shape index (κ2) is 6.88. The number of hydrogen-bond acceptors (Lipinski definition) is 4. The van der Waals surface area contributed by atoms with Crippen LogP contribution in [0.25, 0.3) is 39.1 Å². The van der Waals surface area contributed by atoms with E-state index in [0.29, 0.717) is 28.7 Å². The van der Waals surface area contributed by atoms with Crippen LogP contribution in [-0.4, -0.2) is 31.6 Å². The van der Waals surface area contributed by atoms with Crippen LogP contribution < -0.4 is 10.4 Å². The zero-order chi connectivity index (χ0) is 20.8. The van der Waals surface area contributed by atoms with E-state index >= 15 is 0 Å². The minimum absolute atomic E-state index is 0.278. The highest BCUT2D eigenvalue weighted by Crippen LogP contribution is 2.32. The van der Waals surface area contributed by atoms with E-state index in [9.17, 15) is 4.79 Å². The van der Waals surface area contributed by atoms with Gasteiger partial charge in [-0.25, -0.2) is 19.3 Å². The molecule has 2 aromatic carbocycles. The number of hydrogen-bond donors (Lipinski definition) is 2. The fraction of sp³-hybridized carbons (Fsp3) is 0.174. The number of aromatic nitrogens is 5. The zero-order valence-electron chi connectivity index (χ0n) is 16.9. The quantitative estimate of drug-likeness (QED) is 0.469. The van der Waals surface area contributed by atoms with E-state index in [-0.39, 0.29) is 5.69 Å². The third-order valence-corrected chi connectivity index (χ3v) is 5.36. The second-order valence-corrected chi connectivity index (χ2v) is 7.56. The maximum Gasteiger partial charge on any atom is 0.333 e. The van der Waals surface area contributed by atoms with Gasteiger partial charge in [-0.3, -0.25) is 4.98 Å². The first-order chi connectivity index (χ1) is 14.5. The van der Waals surface area contributed by atoms with Gasteiger partial charge in [-0.2, -0.15) is 0 Å². The van der Waals surface area contributed by atoms with Crippen molar-refractivity contribution < 1.29 is 4.74 Å². The molecular formula is C23H21N5O2. The fourth-order valence-electron chi connectivity index (χ4n) is 3.71. The fourth-order valence-corrected chi connectivity index (χ4v) is 3.71. The number of methoxy groups -OCH3 is 1. The molecule has 0 spiro atoms. The topological polar surface area (TPSA) is 88.6 Å². The number of ether oxygens (including phenoxy) is 1. The van der Waals surface area contributed by atoms with Gasteiger partial charge in [0, 0.05) is 22.7 Å². The highest BCUT2D eigenvalue weighted by atomic mass is 16.5. The predicted molar refractivity (Wildman–Crippen MR) is 117 cm³/mol. The van der Waals surface area contributed by atoms with Gasteiger partial charge < -0.3 is 9.72 Å². The largest absolute Gasteiger partial charge is 0.496 e. The lowest BCUT2D eigenvalue weighted by Gasteiger charge is -2.12. The summed E-state index contributed by atoms with van der Waals surface area (Å²) >= 11 is 0. The predicted octanol–water partition coefficient (Wildman–Crippen LogP) is 4.39. The average molecular weight is 399 g/mol. The molecule has 30 heavy (non-hydrogen) atoms. The van der Waals surface area contributed by atoms with Crippen molar-refractivity contribution >= 4 is 22.2 Å². The molecule has 0 fully saturated rings. The van der Waals surface area contributed by atoms with Crippen LogP contribution in [0.5, 0.6) is 5.75 Å². The Bertz CT molecular complexity index is 1440. The SMILES string of the molecule is COc1ccc(C(C)C)cc1-c1cnc2[nH]c(=O)n(-c3ccc4[nH]ccc4c3)c2n1. The van der Waals surface area contributed by atoms with E-state index in [1.807, 2.05) is 36.5 Å². The molecular weight excluding hydrogens is 378 g/mol. The molecule has 0 bridgehead atoms. The average Bonchev–Trinajstić information content (AvgIpc) is 3.35. The molecule has 0 atom stereocenters. The summed E-state index contributed by atoms with van der Waals surface area (Å²) in [6, 6.07) is 13.8. The molecule has 0 aliphatic heterocycles. The summed E-state index contributed by atoms with van der Waals surface area (Å²) in [6.07, 6.45) is 3.54. The Morgan fingerprint density at radius 3 is 2.77 bits per heavy atom. The summed E-state index contributed by atoms with van der Waals surface area (Å²) in [6.45, 7) is 4.28. The van der Waals surface area contributed by atoms with E-state index in [4.69, 9.17) is 9.72 Å². The zero-order valence-corrected chi connectivity index (χ0v) is 16.9. The molecule has 0 radical (unpaired) electrons. The Morgan fingerprint density at radius 1 is 1.10 bits per heavy atom. The molecule has 0 amide bonds. The molecule has 0 aliphatic rings. The number of benzene rings is 2. The minimum Gasteiger partial charge on any atom is -0.496 e. The highest BCUT2D eigenvalue weighted by molar-refractivity contribution is 5.83. The van der Waals surface area contributed by atoms with Crippen LogP contribution in [0.3, 0.4) is 0 Å². The van der Waals surface area contributed by atoms with Gasteiger partial charge in [-0.1, -0.05) is 19.9 Å². The van der Waals surface area contributed by atoms with Gasteiger partial charge in [0.2, 0.25) is 0 Å². The van der Waals surface area contributed by atoms with E-state index in [0.717, 1.165) is 22.2 Å². The summed E-state index contributed by atoms with van der Waals surface area (Å²) in [5.74, 6) is 1.08. The summed E-state index contributed by atoms with van der Waals surface area (Å²) in [5.41, 5.74) is 5.05. The lowest BCUT2D eigenvalue weighted by Crippen LogP contribution is -2.14. The van der Waals surface area contributed by atoms with Crippen LogP contribution in [0.4, 0.5) is 0 Å². The number of fused-ring (bicyclic) bond motifs is 2. The van der Waals surface area contributed by atoms with Gasteiger partial charge in [0.15, 0.2) is 11.3 Å². The first-order valence-corrected chi connectivity index (χ1v) is 9.79. The van der Waals surface area contributed by atoms with Crippen LogP contribution in [-0.2, 0) is 0 Å². The molecule has 5 rings (SSSR count). The number of H-pyrrole nitrogens is 2. The van der Waals surface area contributed by atoms with E-state index in [1.165, 1.54) is 5.56 Å². The molecule has 0 aliphatic carbocycles. The number of imidazole rings is 1. The summed E-state index contributed by atoms with van der Waals surface area (Å²) in [5, 5.41) is 1.02. The molecule has 7 nitrogen and oxygen atoms in total. The van der Waals surface area contributed by atoms with E-state index in [1.54, 1.807) is 17.9 Å². The van der Waals surface area contributed by atoms with Crippen LogP contribution in [0.2, 0.25) is 0 Å². The highest BCUT2D eigenvalue weighted by Gasteiger charge is 2.16. The Labute approximate surface area is 172 Å². The summed E-state index contributed by atoms with van der Waals surface area (Å²) in [7, 11) is 1.64. The van der Waals surface area contributed by atoms with Crippen molar-refractivity contribution in [2.75, 3.05) is 7.11 Å². The standard InChI is InChI=1S/C23H21N5O2/c1-13(2)14-4-7-20(30-3)17(11-14)19-12-25-21-22(26-19)28(23(29)27-21)16-5-6-18-15(10-16)8-9-24-18/h4-13,24H,1-3H3,(H,25,27,29). The van der Waals surface area contributed by atoms with Crippen molar-refractivity contribution in [1.29, 1.82) is 0 Å². The Kier molecular flexibility index (Phi) is 4.17. The van der Waals surface area contributed by atoms with E-state index < -0.39 is 0 Å². The second-order valence-electron chi connectivity index (χ2n) is 7.56. The normalized spacial score (nSPS) is 11.6. The molecule has 0 saturated heterocycles. The van der Waals surface area contributed by atoms with Crippen molar-refractivity contribution in [3.05, 3.63) is 70.9 Å². The number of nitrogens with zero attached hydrogens (tertiary/aromatic N) is 3. The van der Waals surface area contributed by atoms with Gasteiger partial charge in [-0.05, 0) is 47.9 Å². The lowest BCUT2D eigenvalue weighted by molar-refractivity contribution is 0.416. The van der Waals surface area contributed by atoms with Gasteiger partial charge in [0.05, 0.1) is 24.7 Å². The molecule has 7 heteroatoms. The van der Waals surface area contributed by atoms with Crippen LogP contribution in [0.1, 0.15) is 25.3 Å². The monoisotopic (exact) mass is 399 g/mol. The van der Waals surface area contributed by atoms with Gasteiger partial charge in [-0.15, -0.1) is 0 Å². The third-order valence-electron chi connectivity index (χ3n) is 5.36. The molecule has 150 valence electrons. The van der Waals surface area contributed by atoms with E-state index in [2.05, 4.69) is 40.9 Å². The first-order valence-electron chi connectivity index (χ1n) is 9.79. The molecule has 0 unspecified atom stereocenters. The maximum atomic E-state index is 12.7. The molecule has 2 N–H and O–H groups in total. The molecule has 3 aromatic heterocycles. The Balaban J connectivity index is 1.73. The minimum atomic E-state index is -0.278. The summed E-state index contributed by atoms with van der Waals surface area (Å²) < 4.78 is 7.11. The van der Waals surface area contributed by atoms with Crippen molar-refractivity contribution in [1.82, 2.24) is 24.5 Å². The van der Waals surface area contributed by atoms with Gasteiger partial charge in [0.1, 0.15) is 5.75 Å². The smallest absolute Gasteiger partial charge is 0.333 e. The molecule has 0 saturated carbocycles. The van der Waals surface area contributed by atoms with Crippen LogP contribution in [0, 0.1) is 0 Å². The van der Waals surface area contributed by atoms with Crippen LogP contribution >= 0.6 is 0 Å². The van der Waals surface area contributed by atoms with Gasteiger partial charge in [0.25, 0.3) is 0 Å². The Morgan fingerprint density at radius 2 is 1.97 bits per heavy atom. The van der Waals surface area contributed by atoms with Crippen molar-refractivity contribution in [3.8, 4) is 22.7 Å². The molecule has 5 aromatic rings. The summed E-state index contributed by atoms with van der Waals surface area (Å²) in [4.78, 5) is 28.0. The van der Waals surface area contributed by atoms with Crippen LogP contribution in [0.15, 0.2) is 59.7 Å². The number of rotatable bonds is 4. The first kappa shape index (κ1) is 18.2. The third kappa shape index (κ3) is 2.86. The number of nitrogens with one attached hydrogen (secondary N) is 2. The number of aromatic amines is 2. The molecule has 3 heterocycles. The van der Waals surface area contributed by atoms with Crippen molar-refractivity contribution in [2.24, 2.45) is 0 Å².